The maximum absolute atomic E-state index is 13.6. The third-order valence-electron chi connectivity index (χ3n) is 3.33. The van der Waals surface area contributed by atoms with Crippen molar-refractivity contribution in [1.29, 1.82) is 0 Å². The molecule has 1 aliphatic heterocycles. The fourth-order valence-corrected chi connectivity index (χ4v) is 2.98. The Morgan fingerprint density at radius 2 is 2.36 bits per heavy atom. The number of hydrogen-bond acceptors (Lipinski definition) is 4. The van der Waals surface area contributed by atoms with Crippen molar-refractivity contribution in [2.45, 2.75) is 18.6 Å². The number of amides is 2. The molecule has 1 fully saturated rings. The predicted molar refractivity (Wildman–Crippen MR) is 82.8 cm³/mol. The van der Waals surface area contributed by atoms with Crippen LogP contribution in [0.3, 0.4) is 0 Å². The van der Waals surface area contributed by atoms with Crippen LogP contribution in [0.1, 0.15) is 18.1 Å². The molecule has 0 saturated carbocycles. The summed E-state index contributed by atoms with van der Waals surface area (Å²) in [6.07, 6.45) is 1.87. The molecule has 1 aliphatic rings. The van der Waals surface area contributed by atoms with Crippen molar-refractivity contribution >= 4 is 34.1 Å². The first-order valence-corrected chi connectivity index (χ1v) is 7.93. The van der Waals surface area contributed by atoms with Crippen LogP contribution in [-0.2, 0) is 4.74 Å². The Balaban J connectivity index is 1.67. The van der Waals surface area contributed by atoms with Gasteiger partial charge in [-0.05, 0) is 24.1 Å². The third-order valence-corrected chi connectivity index (χ3v) is 4.33. The molecule has 2 amide bonds. The maximum Gasteiger partial charge on any atom is 0.321 e. The molecular weight excluding hydrogens is 329 g/mol. The average molecular weight is 342 g/mol. The van der Waals surface area contributed by atoms with Gasteiger partial charge in [0.15, 0.2) is 5.13 Å². The fraction of sp³-hybridized carbons (Fsp3) is 0.286. The normalized spacial score (nSPS) is 20.8. The minimum absolute atomic E-state index is 0.0627. The molecule has 22 heavy (non-hydrogen) atoms. The summed E-state index contributed by atoms with van der Waals surface area (Å²) in [5, 5.41) is 7.84. The van der Waals surface area contributed by atoms with Gasteiger partial charge >= 0.3 is 6.03 Å². The van der Waals surface area contributed by atoms with Crippen LogP contribution in [0.2, 0.25) is 5.02 Å². The van der Waals surface area contributed by atoms with E-state index in [9.17, 15) is 9.18 Å². The standard InChI is InChI=1S/C14H13ClFN3O2S/c15-9-2-1-8(7-10(9)16)12-11(3-5-21-12)18-13(20)19-14-17-4-6-22-14/h1-2,4,6-7,11-12H,3,5H2,(H2,17,18,19,20)/t11-,12-/m0/s1. The topological polar surface area (TPSA) is 63.2 Å². The Morgan fingerprint density at radius 1 is 1.50 bits per heavy atom. The molecule has 0 aliphatic carbocycles. The minimum atomic E-state index is -0.499. The van der Waals surface area contributed by atoms with Gasteiger partial charge in [0.1, 0.15) is 11.9 Å². The number of benzene rings is 1. The lowest BCUT2D eigenvalue weighted by atomic mass is 10.0. The van der Waals surface area contributed by atoms with Crippen LogP contribution in [0.4, 0.5) is 14.3 Å². The summed E-state index contributed by atoms with van der Waals surface area (Å²) in [5.74, 6) is -0.499. The SMILES string of the molecule is O=C(Nc1nccs1)N[C@H]1CCO[C@H]1c1ccc(Cl)c(F)c1. The number of aromatic nitrogens is 1. The molecule has 0 unspecified atom stereocenters. The molecule has 2 aromatic rings. The highest BCUT2D eigenvalue weighted by Crippen LogP contribution is 2.31. The van der Waals surface area contributed by atoms with Gasteiger partial charge in [-0.3, -0.25) is 5.32 Å². The second-order valence-electron chi connectivity index (χ2n) is 4.80. The van der Waals surface area contributed by atoms with Crippen LogP contribution in [0.5, 0.6) is 0 Å². The fourth-order valence-electron chi connectivity index (χ4n) is 2.34. The largest absolute Gasteiger partial charge is 0.371 e. The second-order valence-corrected chi connectivity index (χ2v) is 6.10. The highest BCUT2D eigenvalue weighted by molar-refractivity contribution is 7.13. The van der Waals surface area contributed by atoms with Crippen LogP contribution >= 0.6 is 22.9 Å². The molecule has 2 N–H and O–H groups in total. The molecule has 2 heterocycles. The number of nitrogens with zero attached hydrogens (tertiary/aromatic N) is 1. The molecule has 0 bridgehead atoms. The number of hydrogen-bond donors (Lipinski definition) is 2. The Labute approximate surface area is 135 Å². The van der Waals surface area contributed by atoms with Crippen molar-refractivity contribution in [3.05, 3.63) is 46.2 Å². The number of nitrogens with one attached hydrogen (secondary N) is 2. The van der Waals surface area contributed by atoms with Crippen molar-refractivity contribution in [2.24, 2.45) is 0 Å². The summed E-state index contributed by atoms with van der Waals surface area (Å²) in [6.45, 7) is 0.497. The first-order chi connectivity index (χ1) is 10.6. The van der Waals surface area contributed by atoms with Crippen molar-refractivity contribution in [2.75, 3.05) is 11.9 Å². The molecule has 1 aromatic heterocycles. The lowest BCUT2D eigenvalue weighted by molar-refractivity contribution is 0.100. The average Bonchev–Trinajstić information content (AvgIpc) is 3.13. The Kier molecular flexibility index (Phi) is 4.56. The van der Waals surface area contributed by atoms with E-state index < -0.39 is 11.9 Å². The van der Waals surface area contributed by atoms with E-state index in [0.717, 1.165) is 0 Å². The van der Waals surface area contributed by atoms with Gasteiger partial charge in [0.25, 0.3) is 0 Å². The summed E-state index contributed by atoms with van der Waals surface area (Å²) in [4.78, 5) is 15.9. The Hall–Kier alpha value is -1.70. The zero-order valence-electron chi connectivity index (χ0n) is 11.4. The Morgan fingerprint density at radius 3 is 3.09 bits per heavy atom. The number of thiazole rings is 1. The van der Waals surface area contributed by atoms with Crippen LogP contribution < -0.4 is 10.6 Å². The van der Waals surface area contributed by atoms with E-state index >= 15 is 0 Å². The number of ether oxygens (including phenoxy) is 1. The maximum atomic E-state index is 13.6. The summed E-state index contributed by atoms with van der Waals surface area (Å²) in [6, 6.07) is 3.94. The first-order valence-electron chi connectivity index (χ1n) is 6.67. The molecular formula is C14H13ClFN3O2S. The van der Waals surface area contributed by atoms with Gasteiger partial charge in [-0.25, -0.2) is 14.2 Å². The van der Waals surface area contributed by atoms with Crippen molar-refractivity contribution in [3.8, 4) is 0 Å². The summed E-state index contributed by atoms with van der Waals surface area (Å²) in [5.41, 5.74) is 0.652. The minimum Gasteiger partial charge on any atom is -0.371 e. The van der Waals surface area contributed by atoms with Crippen molar-refractivity contribution in [3.63, 3.8) is 0 Å². The monoisotopic (exact) mass is 341 g/mol. The van der Waals surface area contributed by atoms with E-state index in [1.807, 2.05) is 0 Å². The lowest BCUT2D eigenvalue weighted by Gasteiger charge is -2.20. The lowest BCUT2D eigenvalue weighted by Crippen LogP contribution is -2.39. The van der Waals surface area contributed by atoms with Crippen LogP contribution in [0.15, 0.2) is 29.8 Å². The summed E-state index contributed by atoms with van der Waals surface area (Å²) in [7, 11) is 0. The quantitative estimate of drug-likeness (QED) is 0.896. The molecule has 2 atom stereocenters. The zero-order chi connectivity index (χ0) is 15.5. The highest BCUT2D eigenvalue weighted by Gasteiger charge is 2.31. The summed E-state index contributed by atoms with van der Waals surface area (Å²) < 4.78 is 19.2. The number of anilines is 1. The van der Waals surface area contributed by atoms with Gasteiger partial charge in [0.2, 0.25) is 0 Å². The molecule has 5 nitrogen and oxygen atoms in total. The zero-order valence-corrected chi connectivity index (χ0v) is 13.0. The number of urea groups is 1. The van der Waals surface area contributed by atoms with Gasteiger partial charge < -0.3 is 10.1 Å². The molecule has 8 heteroatoms. The van der Waals surface area contributed by atoms with E-state index in [-0.39, 0.29) is 17.1 Å². The molecule has 116 valence electrons. The van der Waals surface area contributed by atoms with E-state index in [1.165, 1.54) is 23.5 Å². The third kappa shape index (κ3) is 3.37. The van der Waals surface area contributed by atoms with E-state index in [4.69, 9.17) is 16.3 Å². The van der Waals surface area contributed by atoms with Crippen molar-refractivity contribution < 1.29 is 13.9 Å². The number of rotatable bonds is 3. The van der Waals surface area contributed by atoms with Crippen LogP contribution in [-0.4, -0.2) is 23.7 Å². The molecule has 1 aromatic carbocycles. The summed E-state index contributed by atoms with van der Waals surface area (Å²) >= 11 is 7.02. The second kappa shape index (κ2) is 6.60. The first kappa shape index (κ1) is 15.2. The molecule has 1 saturated heterocycles. The molecule has 3 rings (SSSR count). The van der Waals surface area contributed by atoms with E-state index in [1.54, 1.807) is 17.6 Å². The van der Waals surface area contributed by atoms with E-state index in [2.05, 4.69) is 15.6 Å². The number of halogens is 2. The van der Waals surface area contributed by atoms with Gasteiger partial charge in [-0.1, -0.05) is 17.7 Å². The number of carbonyl (C=O) groups is 1. The molecule has 0 spiro atoms. The number of carbonyl (C=O) groups excluding carboxylic acids is 1. The van der Waals surface area contributed by atoms with Crippen molar-refractivity contribution in [1.82, 2.24) is 10.3 Å². The van der Waals surface area contributed by atoms with Crippen LogP contribution in [0.25, 0.3) is 0 Å². The Bertz CT molecular complexity index is 668. The predicted octanol–water partition coefficient (Wildman–Crippen LogP) is 3.59. The smallest absolute Gasteiger partial charge is 0.321 e. The molecule has 0 radical (unpaired) electrons. The van der Waals surface area contributed by atoms with Gasteiger partial charge in [0, 0.05) is 18.2 Å². The van der Waals surface area contributed by atoms with E-state index in [0.29, 0.717) is 23.7 Å². The van der Waals surface area contributed by atoms with Gasteiger partial charge in [-0.15, -0.1) is 11.3 Å². The highest BCUT2D eigenvalue weighted by atomic mass is 35.5. The van der Waals surface area contributed by atoms with Gasteiger partial charge in [-0.2, -0.15) is 0 Å². The van der Waals surface area contributed by atoms with Crippen LogP contribution in [0, 0.1) is 5.82 Å². The van der Waals surface area contributed by atoms with Gasteiger partial charge in [0.05, 0.1) is 11.1 Å².